The predicted molar refractivity (Wildman–Crippen MR) is 83.4 cm³/mol. The predicted octanol–water partition coefficient (Wildman–Crippen LogP) is 3.20. The van der Waals surface area contributed by atoms with Crippen LogP contribution in [0.3, 0.4) is 0 Å². The van der Waals surface area contributed by atoms with Gasteiger partial charge in [0.25, 0.3) is 0 Å². The quantitative estimate of drug-likeness (QED) is 0.849. The molecule has 2 rings (SSSR count). The molecule has 0 saturated heterocycles. The van der Waals surface area contributed by atoms with Gasteiger partial charge in [-0.25, -0.2) is 0 Å². The van der Waals surface area contributed by atoms with Crippen molar-refractivity contribution in [1.82, 2.24) is 5.32 Å². The highest BCUT2D eigenvalue weighted by Crippen LogP contribution is 2.19. The van der Waals surface area contributed by atoms with E-state index in [1.807, 2.05) is 31.6 Å². The smallest absolute Gasteiger partial charge is 0.0783 e. The summed E-state index contributed by atoms with van der Waals surface area (Å²) in [7, 11) is 1.92. The summed E-state index contributed by atoms with van der Waals surface area (Å²) in [4.78, 5) is 4.41. The van der Waals surface area contributed by atoms with Gasteiger partial charge in [0, 0.05) is 30.8 Å². The summed E-state index contributed by atoms with van der Waals surface area (Å²) in [6.45, 7) is 6.56. The molecule has 0 unspecified atom stereocenters. The van der Waals surface area contributed by atoms with Gasteiger partial charge in [-0.1, -0.05) is 18.7 Å². The summed E-state index contributed by atoms with van der Waals surface area (Å²) in [5, 5.41) is 6.29. The van der Waals surface area contributed by atoms with Crippen molar-refractivity contribution < 1.29 is 0 Å². The monoisotopic (exact) mass is 253 g/mol. The average Bonchev–Trinajstić information content (AvgIpc) is 2.51. The molecule has 98 valence electrons. The zero-order chi connectivity index (χ0) is 13.7. The van der Waals surface area contributed by atoms with Gasteiger partial charge in [-0.05, 0) is 41.8 Å². The van der Waals surface area contributed by atoms with Gasteiger partial charge >= 0.3 is 0 Å². The van der Waals surface area contributed by atoms with Crippen LogP contribution in [0, 0.1) is 0 Å². The molecular weight excluding hydrogens is 234 g/mol. The van der Waals surface area contributed by atoms with E-state index in [4.69, 9.17) is 0 Å². The maximum atomic E-state index is 4.41. The van der Waals surface area contributed by atoms with Crippen LogP contribution in [0.1, 0.15) is 12.5 Å². The summed E-state index contributed by atoms with van der Waals surface area (Å²) in [5.74, 6) is 0. The van der Waals surface area contributed by atoms with Crippen molar-refractivity contribution >= 4 is 17.5 Å². The third-order valence-corrected chi connectivity index (χ3v) is 2.88. The first-order valence-electron chi connectivity index (χ1n) is 6.30. The topological polar surface area (TPSA) is 36.4 Å². The van der Waals surface area contributed by atoms with Crippen molar-refractivity contribution in [3.8, 4) is 0 Å². The molecule has 2 N–H and O–H groups in total. The lowest BCUT2D eigenvalue weighted by Gasteiger charge is -2.06. The zero-order valence-corrected chi connectivity index (χ0v) is 11.4. The molecule has 19 heavy (non-hydrogen) atoms. The highest BCUT2D eigenvalue weighted by atomic mass is 14.9. The molecule has 0 aromatic heterocycles. The van der Waals surface area contributed by atoms with Gasteiger partial charge in [-0.3, -0.25) is 4.99 Å². The Morgan fingerprint density at radius 1 is 1.37 bits per heavy atom. The SMILES string of the molecule is C=C1C\N=C/C(c2cccc(NC)c2)=C\C(C)=C\N1. The lowest BCUT2D eigenvalue weighted by atomic mass is 10.0. The molecule has 0 atom stereocenters. The lowest BCUT2D eigenvalue weighted by Crippen LogP contribution is -2.06. The second-order valence-corrected chi connectivity index (χ2v) is 4.54. The van der Waals surface area contributed by atoms with Crippen LogP contribution in [0.25, 0.3) is 5.57 Å². The van der Waals surface area contributed by atoms with Crippen molar-refractivity contribution in [3.05, 3.63) is 60.0 Å². The molecular formula is C16H19N3. The van der Waals surface area contributed by atoms with Gasteiger partial charge in [0.05, 0.1) is 6.54 Å². The molecule has 0 fully saturated rings. The van der Waals surface area contributed by atoms with E-state index in [1.165, 1.54) is 0 Å². The third-order valence-electron chi connectivity index (χ3n) is 2.88. The normalized spacial score (nSPS) is 22.7. The largest absolute Gasteiger partial charge is 0.388 e. The Balaban J connectivity index is 2.39. The van der Waals surface area contributed by atoms with Gasteiger partial charge in [-0.2, -0.15) is 0 Å². The number of rotatable bonds is 2. The highest BCUT2D eigenvalue weighted by Gasteiger charge is 2.02. The molecule has 0 saturated carbocycles. The number of hydrogen-bond acceptors (Lipinski definition) is 3. The Kier molecular flexibility index (Phi) is 4.18. The average molecular weight is 253 g/mol. The molecule has 3 nitrogen and oxygen atoms in total. The van der Waals surface area contributed by atoms with Crippen molar-refractivity contribution in [2.45, 2.75) is 6.92 Å². The zero-order valence-electron chi connectivity index (χ0n) is 11.4. The Labute approximate surface area is 114 Å². The van der Waals surface area contributed by atoms with E-state index in [0.717, 1.165) is 28.1 Å². The first-order chi connectivity index (χ1) is 9.19. The van der Waals surface area contributed by atoms with Crippen LogP contribution in [-0.2, 0) is 0 Å². The molecule has 0 amide bonds. The molecule has 0 spiro atoms. The Morgan fingerprint density at radius 3 is 3.00 bits per heavy atom. The van der Waals surface area contributed by atoms with E-state index >= 15 is 0 Å². The molecule has 0 bridgehead atoms. The molecule has 1 aliphatic heterocycles. The maximum Gasteiger partial charge on any atom is 0.0783 e. The van der Waals surface area contributed by atoms with Crippen LogP contribution < -0.4 is 10.6 Å². The van der Waals surface area contributed by atoms with Crippen LogP contribution in [0.15, 0.2) is 59.4 Å². The van der Waals surface area contributed by atoms with Gasteiger partial charge in [0.2, 0.25) is 0 Å². The fourth-order valence-electron chi connectivity index (χ4n) is 1.85. The Morgan fingerprint density at radius 2 is 2.21 bits per heavy atom. The second kappa shape index (κ2) is 6.05. The molecule has 0 radical (unpaired) electrons. The first-order valence-corrected chi connectivity index (χ1v) is 6.30. The number of aliphatic imine (C=N–C) groups is 1. The number of anilines is 1. The summed E-state index contributed by atoms with van der Waals surface area (Å²) in [5.41, 5.74) is 5.38. The van der Waals surface area contributed by atoms with Crippen LogP contribution >= 0.6 is 0 Å². The van der Waals surface area contributed by atoms with Crippen LogP contribution in [0.5, 0.6) is 0 Å². The van der Waals surface area contributed by atoms with Gasteiger partial charge in [0.1, 0.15) is 0 Å². The molecule has 1 aromatic rings. The molecule has 1 heterocycles. The lowest BCUT2D eigenvalue weighted by molar-refractivity contribution is 0.980. The van der Waals surface area contributed by atoms with E-state index in [-0.39, 0.29) is 0 Å². The van der Waals surface area contributed by atoms with E-state index < -0.39 is 0 Å². The second-order valence-electron chi connectivity index (χ2n) is 4.54. The van der Waals surface area contributed by atoms with Crippen molar-refractivity contribution in [2.24, 2.45) is 4.99 Å². The summed E-state index contributed by atoms with van der Waals surface area (Å²) in [6, 6.07) is 8.29. The summed E-state index contributed by atoms with van der Waals surface area (Å²) >= 11 is 0. The molecule has 0 aliphatic carbocycles. The number of hydrogen-bond donors (Lipinski definition) is 2. The number of benzene rings is 1. The third kappa shape index (κ3) is 3.58. The van der Waals surface area contributed by atoms with E-state index in [1.54, 1.807) is 0 Å². The summed E-state index contributed by atoms with van der Waals surface area (Å²) in [6.07, 6.45) is 5.98. The maximum absolute atomic E-state index is 4.41. The standard InChI is InChI=1S/C16H19N3/c1-12-7-15(11-18-10-13(2)19-9-12)14-5-4-6-16(8-14)17-3/h4-9,11,17,19H,2,10H2,1,3H3/b12-9+,15-7+,18-11-. The minimum atomic E-state index is 0.590. The van der Waals surface area contributed by atoms with E-state index in [2.05, 4.69) is 47.3 Å². The number of nitrogens with zero attached hydrogens (tertiary/aromatic N) is 1. The molecule has 3 heteroatoms. The summed E-state index contributed by atoms with van der Waals surface area (Å²) < 4.78 is 0. The fourth-order valence-corrected chi connectivity index (χ4v) is 1.85. The first kappa shape index (κ1) is 13.1. The van der Waals surface area contributed by atoms with Gasteiger partial charge < -0.3 is 10.6 Å². The molecule has 1 aliphatic rings. The van der Waals surface area contributed by atoms with Crippen LogP contribution in [-0.4, -0.2) is 19.8 Å². The van der Waals surface area contributed by atoms with E-state index in [0.29, 0.717) is 6.54 Å². The number of nitrogens with one attached hydrogen (secondary N) is 2. The number of allylic oxidation sites excluding steroid dienone is 3. The molecule has 1 aromatic carbocycles. The van der Waals surface area contributed by atoms with Crippen molar-refractivity contribution in [3.63, 3.8) is 0 Å². The van der Waals surface area contributed by atoms with Crippen LogP contribution in [0.4, 0.5) is 5.69 Å². The van der Waals surface area contributed by atoms with Gasteiger partial charge in [0.15, 0.2) is 0 Å². The van der Waals surface area contributed by atoms with Crippen molar-refractivity contribution in [1.29, 1.82) is 0 Å². The highest BCUT2D eigenvalue weighted by molar-refractivity contribution is 6.10. The Bertz CT molecular complexity index is 565. The van der Waals surface area contributed by atoms with Crippen LogP contribution in [0.2, 0.25) is 0 Å². The fraction of sp³-hybridized carbons (Fsp3) is 0.188. The van der Waals surface area contributed by atoms with Gasteiger partial charge in [-0.15, -0.1) is 0 Å². The van der Waals surface area contributed by atoms with E-state index in [9.17, 15) is 0 Å². The minimum absolute atomic E-state index is 0.590. The Hall–Kier alpha value is -2.29. The minimum Gasteiger partial charge on any atom is -0.388 e. The van der Waals surface area contributed by atoms with Crippen molar-refractivity contribution in [2.75, 3.05) is 18.9 Å².